The third kappa shape index (κ3) is 4.81. The number of thiazole rings is 1. The van der Waals surface area contributed by atoms with Gasteiger partial charge < -0.3 is 14.6 Å². The zero-order valence-electron chi connectivity index (χ0n) is 22.8. The Hall–Kier alpha value is -4.24. The zero-order chi connectivity index (χ0) is 28.7. The summed E-state index contributed by atoms with van der Waals surface area (Å²) in [7, 11) is 0. The lowest BCUT2D eigenvalue weighted by Gasteiger charge is -2.23. The molecular formula is C31H30N2O6S. The standard InChI is InChI=1S/C31H30N2O6S/c1-6-13-38-30(37)28-18(5)32-31(40-28)33-25(20-9-7-19(8-10-20)16(2)3)24(27(35)29(33)36)26(34)21-11-12-23-22(15-21)14-17(4)39-23/h6-12,15-17,25,34H,1,13-14H2,2-5H3/t17-,25-/m1/s1. The zero-order valence-corrected chi connectivity index (χ0v) is 23.6. The van der Waals surface area contributed by atoms with E-state index in [1.807, 2.05) is 31.2 Å². The van der Waals surface area contributed by atoms with Crippen molar-refractivity contribution in [2.75, 3.05) is 11.5 Å². The molecule has 40 heavy (non-hydrogen) atoms. The highest BCUT2D eigenvalue weighted by Gasteiger charge is 2.48. The van der Waals surface area contributed by atoms with E-state index in [-0.39, 0.29) is 40.0 Å². The molecule has 0 aliphatic carbocycles. The van der Waals surface area contributed by atoms with Gasteiger partial charge >= 0.3 is 11.9 Å². The van der Waals surface area contributed by atoms with Gasteiger partial charge in [-0.15, -0.1) is 0 Å². The van der Waals surface area contributed by atoms with Crippen molar-refractivity contribution >= 4 is 39.9 Å². The molecule has 3 aromatic rings. The average Bonchev–Trinajstić information content (AvgIpc) is 3.58. The normalized spacial score (nSPS) is 19.6. The average molecular weight is 559 g/mol. The first-order chi connectivity index (χ1) is 19.1. The number of benzene rings is 2. The molecule has 2 aliphatic rings. The highest BCUT2D eigenvalue weighted by molar-refractivity contribution is 7.17. The van der Waals surface area contributed by atoms with Gasteiger partial charge in [-0.3, -0.25) is 14.5 Å². The minimum Gasteiger partial charge on any atom is -0.507 e. The first-order valence-corrected chi connectivity index (χ1v) is 13.9. The van der Waals surface area contributed by atoms with E-state index in [1.165, 1.54) is 11.0 Å². The van der Waals surface area contributed by atoms with Crippen LogP contribution in [0.25, 0.3) is 5.76 Å². The summed E-state index contributed by atoms with van der Waals surface area (Å²) >= 11 is 0.966. The number of ether oxygens (including phenoxy) is 2. The second-order valence-corrected chi connectivity index (χ2v) is 11.2. The molecule has 2 aliphatic heterocycles. The van der Waals surface area contributed by atoms with Crippen molar-refractivity contribution in [2.24, 2.45) is 0 Å². The van der Waals surface area contributed by atoms with Gasteiger partial charge in [-0.25, -0.2) is 9.78 Å². The summed E-state index contributed by atoms with van der Waals surface area (Å²) in [5.74, 6) is -1.52. The number of aliphatic hydroxyl groups excluding tert-OH is 1. The SMILES string of the molecule is C=CCOC(=O)c1sc(N2C(=O)C(=O)C(=C(O)c3ccc4c(c3)C[C@@H](C)O4)[C@H]2c2ccc(C(C)C)cc2)nc1C. The van der Waals surface area contributed by atoms with Gasteiger partial charge in [-0.2, -0.15) is 0 Å². The molecule has 1 N–H and O–H groups in total. The van der Waals surface area contributed by atoms with E-state index in [4.69, 9.17) is 9.47 Å². The summed E-state index contributed by atoms with van der Waals surface area (Å²) in [4.78, 5) is 45.7. The largest absolute Gasteiger partial charge is 0.507 e. The Morgan fingerprint density at radius 1 is 1.25 bits per heavy atom. The topological polar surface area (TPSA) is 106 Å². The van der Waals surface area contributed by atoms with Crippen LogP contribution in [0.5, 0.6) is 5.75 Å². The smallest absolute Gasteiger partial charge is 0.350 e. The number of fused-ring (bicyclic) bond motifs is 1. The molecule has 1 saturated heterocycles. The van der Waals surface area contributed by atoms with Crippen LogP contribution >= 0.6 is 11.3 Å². The molecule has 1 fully saturated rings. The van der Waals surface area contributed by atoms with E-state index in [9.17, 15) is 19.5 Å². The maximum absolute atomic E-state index is 13.6. The number of hydrogen-bond acceptors (Lipinski definition) is 8. The van der Waals surface area contributed by atoms with Gasteiger partial charge in [0.05, 0.1) is 17.3 Å². The number of aryl methyl sites for hydroxylation is 1. The number of rotatable bonds is 7. The predicted molar refractivity (Wildman–Crippen MR) is 153 cm³/mol. The van der Waals surface area contributed by atoms with Crippen LogP contribution in [0.1, 0.15) is 70.4 Å². The number of hydrogen-bond donors (Lipinski definition) is 1. The van der Waals surface area contributed by atoms with Crippen molar-refractivity contribution in [1.82, 2.24) is 4.98 Å². The van der Waals surface area contributed by atoms with Crippen molar-refractivity contribution in [2.45, 2.75) is 52.2 Å². The molecule has 2 atom stereocenters. The number of carbonyl (C=O) groups excluding carboxylic acids is 3. The van der Waals surface area contributed by atoms with Gasteiger partial charge in [0.25, 0.3) is 5.78 Å². The Kier molecular flexibility index (Phi) is 7.33. The Morgan fingerprint density at radius 3 is 2.65 bits per heavy atom. The molecule has 0 bridgehead atoms. The van der Waals surface area contributed by atoms with Crippen LogP contribution in [0.15, 0.2) is 60.7 Å². The number of amides is 1. The van der Waals surface area contributed by atoms with E-state index >= 15 is 0 Å². The van der Waals surface area contributed by atoms with Gasteiger partial charge in [0.1, 0.15) is 29.1 Å². The molecule has 9 heteroatoms. The molecule has 2 aromatic carbocycles. The summed E-state index contributed by atoms with van der Waals surface area (Å²) in [6.45, 7) is 11.3. The highest BCUT2D eigenvalue weighted by atomic mass is 32.1. The minimum atomic E-state index is -0.952. The fourth-order valence-electron chi connectivity index (χ4n) is 5.01. The predicted octanol–water partition coefficient (Wildman–Crippen LogP) is 5.87. The molecule has 206 valence electrons. The summed E-state index contributed by atoms with van der Waals surface area (Å²) in [5.41, 5.74) is 3.39. The number of anilines is 1. The monoisotopic (exact) mass is 558 g/mol. The third-order valence-corrected chi connectivity index (χ3v) is 8.18. The maximum atomic E-state index is 13.6. The van der Waals surface area contributed by atoms with Crippen LogP contribution < -0.4 is 9.64 Å². The van der Waals surface area contributed by atoms with Gasteiger partial charge in [0.2, 0.25) is 0 Å². The van der Waals surface area contributed by atoms with E-state index in [0.717, 1.165) is 28.2 Å². The summed E-state index contributed by atoms with van der Waals surface area (Å²) in [5, 5.41) is 11.7. The summed E-state index contributed by atoms with van der Waals surface area (Å²) < 4.78 is 11.0. The van der Waals surface area contributed by atoms with Crippen LogP contribution in [0, 0.1) is 6.92 Å². The van der Waals surface area contributed by atoms with Crippen molar-refractivity contribution in [1.29, 1.82) is 0 Å². The number of nitrogens with zero attached hydrogens (tertiary/aromatic N) is 2. The summed E-state index contributed by atoms with van der Waals surface area (Å²) in [6.07, 6.45) is 2.15. The number of carbonyl (C=O) groups is 3. The van der Waals surface area contributed by atoms with Crippen molar-refractivity contribution in [3.63, 3.8) is 0 Å². The second-order valence-electron chi connectivity index (χ2n) is 10.2. The Bertz CT molecular complexity index is 1550. The molecular weight excluding hydrogens is 528 g/mol. The molecule has 0 spiro atoms. The van der Waals surface area contributed by atoms with Crippen LogP contribution in [-0.4, -0.2) is 40.5 Å². The highest BCUT2D eigenvalue weighted by Crippen LogP contribution is 2.44. The molecule has 8 nitrogen and oxygen atoms in total. The molecule has 1 amide bonds. The maximum Gasteiger partial charge on any atom is 0.350 e. The second kappa shape index (κ2) is 10.7. The lowest BCUT2D eigenvalue weighted by Crippen LogP contribution is -2.29. The summed E-state index contributed by atoms with van der Waals surface area (Å²) in [6, 6.07) is 11.9. The Balaban J connectivity index is 1.65. The van der Waals surface area contributed by atoms with Gasteiger partial charge in [-0.05, 0) is 54.7 Å². The van der Waals surface area contributed by atoms with E-state index in [2.05, 4.69) is 25.4 Å². The molecule has 3 heterocycles. The molecule has 0 saturated carbocycles. The van der Waals surface area contributed by atoms with Crippen molar-refractivity contribution < 1.29 is 29.0 Å². The van der Waals surface area contributed by atoms with E-state index in [1.54, 1.807) is 25.1 Å². The molecule has 1 aromatic heterocycles. The van der Waals surface area contributed by atoms with Crippen LogP contribution in [-0.2, 0) is 20.7 Å². The van der Waals surface area contributed by atoms with E-state index in [0.29, 0.717) is 23.2 Å². The number of aliphatic hydroxyl groups is 1. The fourth-order valence-corrected chi connectivity index (χ4v) is 6.00. The Labute approximate surface area is 236 Å². The first kappa shape index (κ1) is 27.3. The molecule has 0 unspecified atom stereocenters. The van der Waals surface area contributed by atoms with Crippen molar-refractivity contribution in [3.05, 3.63) is 93.5 Å². The first-order valence-electron chi connectivity index (χ1n) is 13.1. The Morgan fingerprint density at radius 2 is 1.98 bits per heavy atom. The van der Waals surface area contributed by atoms with Gasteiger partial charge in [0, 0.05) is 12.0 Å². The van der Waals surface area contributed by atoms with Crippen LogP contribution in [0.4, 0.5) is 5.13 Å². The number of Topliss-reactive ketones (excluding diaryl/α,β-unsaturated/α-hetero) is 1. The van der Waals surface area contributed by atoms with Gasteiger partial charge in [0.15, 0.2) is 5.13 Å². The van der Waals surface area contributed by atoms with Crippen LogP contribution in [0.2, 0.25) is 0 Å². The fraction of sp³-hybridized carbons (Fsp3) is 0.290. The van der Waals surface area contributed by atoms with Crippen molar-refractivity contribution in [3.8, 4) is 5.75 Å². The lowest BCUT2D eigenvalue weighted by atomic mass is 9.93. The quantitative estimate of drug-likeness (QED) is 0.127. The number of esters is 1. The minimum absolute atomic E-state index is 0.0120. The van der Waals surface area contributed by atoms with Crippen LogP contribution in [0.3, 0.4) is 0 Å². The third-order valence-electron chi connectivity index (χ3n) is 7.04. The molecule has 0 radical (unpaired) electrons. The lowest BCUT2D eigenvalue weighted by molar-refractivity contribution is -0.132. The number of ketones is 1. The molecule has 5 rings (SSSR count). The number of aromatic nitrogens is 1. The van der Waals surface area contributed by atoms with Gasteiger partial charge in [-0.1, -0.05) is 62.1 Å². The van der Waals surface area contributed by atoms with E-state index < -0.39 is 23.7 Å².